The van der Waals surface area contributed by atoms with Gasteiger partial charge >= 0.3 is 0 Å². The quantitative estimate of drug-likeness (QED) is 0.274. The first-order chi connectivity index (χ1) is 18.0. The number of benzene rings is 4. The Labute approximate surface area is 223 Å². The lowest BCUT2D eigenvalue weighted by Gasteiger charge is -2.32. The topological polar surface area (TPSA) is 41.6 Å². The van der Waals surface area contributed by atoms with Crippen LogP contribution in [0.1, 0.15) is 60.5 Å². The Morgan fingerprint density at radius 3 is 1.92 bits per heavy atom. The zero-order valence-corrected chi connectivity index (χ0v) is 21.8. The number of nitrogens with zero attached hydrogens (tertiary/aromatic N) is 1. The van der Waals surface area contributed by atoms with Crippen molar-refractivity contribution >= 4 is 23.2 Å². The van der Waals surface area contributed by atoms with Gasteiger partial charge in [0, 0.05) is 17.1 Å². The first kappa shape index (κ1) is 25.2. The predicted molar refractivity (Wildman–Crippen MR) is 149 cm³/mol. The summed E-state index contributed by atoms with van der Waals surface area (Å²) in [5.41, 5.74) is 5.32. The molecule has 1 saturated heterocycles. The zero-order valence-electron chi connectivity index (χ0n) is 21.1. The summed E-state index contributed by atoms with van der Waals surface area (Å²) in [6, 6.07) is 36.2. The van der Waals surface area contributed by atoms with Crippen molar-refractivity contribution in [1.29, 1.82) is 0 Å². The van der Waals surface area contributed by atoms with Gasteiger partial charge in [0.25, 0.3) is 5.91 Å². The normalized spacial score (nSPS) is 17.9. The summed E-state index contributed by atoms with van der Waals surface area (Å²) in [4.78, 5) is 19.9. The number of carbonyl (C=O) groups excluding carboxylic acids is 1. The molecule has 5 heteroatoms. The second kappa shape index (κ2) is 11.3. The molecule has 1 fully saturated rings. The van der Waals surface area contributed by atoms with Crippen molar-refractivity contribution in [3.8, 4) is 0 Å². The van der Waals surface area contributed by atoms with Crippen molar-refractivity contribution in [2.75, 3.05) is 5.32 Å². The van der Waals surface area contributed by atoms with E-state index in [0.29, 0.717) is 23.0 Å². The van der Waals surface area contributed by atoms with Gasteiger partial charge in [0.05, 0.1) is 12.1 Å². The number of halogens is 1. The van der Waals surface area contributed by atoms with Gasteiger partial charge in [-0.05, 0) is 52.4 Å². The number of hydroxylamine groups is 2. The molecule has 0 bridgehead atoms. The highest BCUT2D eigenvalue weighted by Crippen LogP contribution is 2.43. The van der Waals surface area contributed by atoms with Crippen LogP contribution in [0.25, 0.3) is 0 Å². The third-order valence-electron chi connectivity index (χ3n) is 6.87. The molecule has 4 aromatic rings. The molecule has 4 aromatic carbocycles. The first-order valence-electron chi connectivity index (χ1n) is 12.7. The fraction of sp³-hybridized carbons (Fsp3) is 0.219. The van der Waals surface area contributed by atoms with E-state index in [0.717, 1.165) is 16.7 Å². The van der Waals surface area contributed by atoms with Gasteiger partial charge in [-0.3, -0.25) is 9.63 Å². The van der Waals surface area contributed by atoms with E-state index in [2.05, 4.69) is 67.7 Å². The molecule has 1 aliphatic heterocycles. The van der Waals surface area contributed by atoms with E-state index < -0.39 is 6.10 Å². The van der Waals surface area contributed by atoms with Crippen LogP contribution in [0.15, 0.2) is 109 Å². The van der Waals surface area contributed by atoms with Crippen LogP contribution in [0.5, 0.6) is 0 Å². The fourth-order valence-electron chi connectivity index (χ4n) is 4.86. The highest BCUT2D eigenvalue weighted by atomic mass is 35.5. The second-order valence-electron chi connectivity index (χ2n) is 9.75. The zero-order chi connectivity index (χ0) is 25.8. The van der Waals surface area contributed by atoms with E-state index in [-0.39, 0.29) is 18.0 Å². The third-order valence-corrected chi connectivity index (χ3v) is 7.12. The SMILES string of the molecule is CC(C)c1ccc(C2CC(C(=O)Nc3ccc(Cl)cc3)ON2C(c2ccccc2)c2ccccc2)cc1. The minimum absolute atomic E-state index is 0.104. The second-order valence-corrected chi connectivity index (χ2v) is 10.2. The summed E-state index contributed by atoms with van der Waals surface area (Å²) >= 11 is 6.02. The van der Waals surface area contributed by atoms with Gasteiger partial charge in [-0.2, -0.15) is 5.06 Å². The maximum absolute atomic E-state index is 13.4. The van der Waals surface area contributed by atoms with E-state index in [9.17, 15) is 4.79 Å². The molecule has 0 aliphatic carbocycles. The van der Waals surface area contributed by atoms with E-state index >= 15 is 0 Å². The Balaban J connectivity index is 1.51. The van der Waals surface area contributed by atoms with Crippen LogP contribution in [-0.4, -0.2) is 17.1 Å². The Morgan fingerprint density at radius 1 is 0.811 bits per heavy atom. The number of carbonyl (C=O) groups is 1. The van der Waals surface area contributed by atoms with E-state index in [4.69, 9.17) is 16.4 Å². The molecule has 1 heterocycles. The Kier molecular flexibility index (Phi) is 7.71. The molecule has 5 rings (SSSR count). The highest BCUT2D eigenvalue weighted by molar-refractivity contribution is 6.30. The van der Waals surface area contributed by atoms with Gasteiger partial charge in [-0.25, -0.2) is 0 Å². The van der Waals surface area contributed by atoms with E-state index in [1.54, 1.807) is 24.3 Å². The van der Waals surface area contributed by atoms with E-state index in [1.165, 1.54) is 5.56 Å². The van der Waals surface area contributed by atoms with E-state index in [1.807, 2.05) is 41.5 Å². The number of nitrogens with one attached hydrogen (secondary N) is 1. The summed E-state index contributed by atoms with van der Waals surface area (Å²) < 4.78 is 0. The van der Waals surface area contributed by atoms with Crippen molar-refractivity contribution in [3.63, 3.8) is 0 Å². The predicted octanol–water partition coefficient (Wildman–Crippen LogP) is 7.94. The largest absolute Gasteiger partial charge is 0.324 e. The van der Waals surface area contributed by atoms with Gasteiger partial charge < -0.3 is 5.32 Å². The first-order valence-corrected chi connectivity index (χ1v) is 13.1. The van der Waals surface area contributed by atoms with Crippen molar-refractivity contribution < 1.29 is 9.63 Å². The summed E-state index contributed by atoms with van der Waals surface area (Å²) in [5.74, 6) is 0.276. The molecule has 188 valence electrons. The lowest BCUT2D eigenvalue weighted by atomic mass is 9.93. The van der Waals surface area contributed by atoms with Crippen LogP contribution < -0.4 is 5.32 Å². The molecule has 0 radical (unpaired) electrons. The fourth-order valence-corrected chi connectivity index (χ4v) is 4.99. The molecular formula is C32H31ClN2O2. The highest BCUT2D eigenvalue weighted by Gasteiger charge is 2.43. The summed E-state index contributed by atoms with van der Waals surface area (Å²) in [6.45, 7) is 4.38. The molecule has 1 N–H and O–H groups in total. The summed E-state index contributed by atoms with van der Waals surface area (Å²) in [7, 11) is 0. The third kappa shape index (κ3) is 5.78. The molecule has 0 saturated carbocycles. The summed E-state index contributed by atoms with van der Waals surface area (Å²) in [5, 5.41) is 5.64. The van der Waals surface area contributed by atoms with Gasteiger partial charge in [0.15, 0.2) is 6.10 Å². The molecule has 1 amide bonds. The van der Waals surface area contributed by atoms with Crippen molar-refractivity contribution in [3.05, 3.63) is 136 Å². The average molecular weight is 511 g/mol. The number of rotatable bonds is 7. The number of hydrogen-bond acceptors (Lipinski definition) is 3. The molecule has 1 aliphatic rings. The molecule has 2 unspecified atom stereocenters. The smallest absolute Gasteiger partial charge is 0.255 e. The molecule has 37 heavy (non-hydrogen) atoms. The standard InChI is InChI=1S/C32H31ClN2O2/c1-22(2)23-13-15-24(16-14-23)29-21-30(32(36)34-28-19-17-27(33)18-20-28)37-35(29)31(25-9-5-3-6-10-25)26-11-7-4-8-12-26/h3-20,22,29-31H,21H2,1-2H3,(H,34,36). The van der Waals surface area contributed by atoms with Crippen LogP contribution in [0, 0.1) is 0 Å². The Bertz CT molecular complexity index is 1270. The number of anilines is 1. The van der Waals surface area contributed by atoms with Crippen LogP contribution in [0.3, 0.4) is 0 Å². The van der Waals surface area contributed by atoms with Gasteiger partial charge in [-0.15, -0.1) is 0 Å². The molecule has 0 spiro atoms. The maximum Gasteiger partial charge on any atom is 0.255 e. The molecule has 2 atom stereocenters. The molecule has 4 nitrogen and oxygen atoms in total. The Hall–Kier alpha value is -3.44. The van der Waals surface area contributed by atoms with Crippen LogP contribution in [-0.2, 0) is 9.63 Å². The maximum atomic E-state index is 13.4. The van der Waals surface area contributed by atoms with Crippen LogP contribution in [0.4, 0.5) is 5.69 Å². The van der Waals surface area contributed by atoms with Gasteiger partial charge in [0.2, 0.25) is 0 Å². The molecular weight excluding hydrogens is 480 g/mol. The van der Waals surface area contributed by atoms with Crippen molar-refractivity contribution in [2.24, 2.45) is 0 Å². The number of hydrogen-bond donors (Lipinski definition) is 1. The average Bonchev–Trinajstić information content (AvgIpc) is 3.36. The van der Waals surface area contributed by atoms with Gasteiger partial charge in [-0.1, -0.05) is 110 Å². The molecule has 0 aromatic heterocycles. The van der Waals surface area contributed by atoms with Crippen LogP contribution >= 0.6 is 11.6 Å². The number of amides is 1. The van der Waals surface area contributed by atoms with Crippen molar-refractivity contribution in [1.82, 2.24) is 5.06 Å². The summed E-state index contributed by atoms with van der Waals surface area (Å²) in [6.07, 6.45) is -0.100. The lowest BCUT2D eigenvalue weighted by molar-refractivity contribution is -0.186. The monoisotopic (exact) mass is 510 g/mol. The van der Waals surface area contributed by atoms with Crippen LogP contribution in [0.2, 0.25) is 5.02 Å². The van der Waals surface area contributed by atoms with Gasteiger partial charge in [0.1, 0.15) is 0 Å². The lowest BCUT2D eigenvalue weighted by Crippen LogP contribution is -2.32. The minimum Gasteiger partial charge on any atom is -0.324 e. The Morgan fingerprint density at radius 2 is 1.38 bits per heavy atom. The minimum atomic E-state index is -0.639. The van der Waals surface area contributed by atoms with Crippen molar-refractivity contribution in [2.45, 2.75) is 44.4 Å².